The maximum atomic E-state index is 12.7. The number of H-pyrrole nitrogens is 1. The zero-order valence-electron chi connectivity index (χ0n) is 15.8. The summed E-state index contributed by atoms with van der Waals surface area (Å²) in [6, 6.07) is 10.8. The summed E-state index contributed by atoms with van der Waals surface area (Å²) in [5.41, 5.74) is 2.31. The van der Waals surface area contributed by atoms with Crippen molar-refractivity contribution in [3.05, 3.63) is 73.7 Å². The van der Waals surface area contributed by atoms with Crippen LogP contribution in [0.25, 0.3) is 10.9 Å². The second-order valence-corrected chi connectivity index (χ2v) is 7.51. The van der Waals surface area contributed by atoms with E-state index in [9.17, 15) is 9.59 Å². The Hall–Kier alpha value is -2.37. The van der Waals surface area contributed by atoms with Crippen LogP contribution in [-0.4, -0.2) is 27.3 Å². The Balaban J connectivity index is 1.72. The fraction of sp³-hybridized carbons (Fsp3) is 0.286. The fourth-order valence-corrected chi connectivity index (χ4v) is 3.36. The normalized spacial score (nSPS) is 11.0. The lowest BCUT2D eigenvalue weighted by atomic mass is 10.1. The molecule has 5 nitrogen and oxygen atoms in total. The van der Waals surface area contributed by atoms with Crippen molar-refractivity contribution in [1.82, 2.24) is 14.9 Å². The number of aromatic amines is 1. The molecule has 0 bridgehead atoms. The van der Waals surface area contributed by atoms with Crippen LogP contribution >= 0.6 is 23.2 Å². The van der Waals surface area contributed by atoms with Crippen molar-refractivity contribution in [2.75, 3.05) is 6.54 Å². The topological polar surface area (TPSA) is 66.1 Å². The first-order valence-corrected chi connectivity index (χ1v) is 9.84. The Morgan fingerprint density at radius 1 is 1.18 bits per heavy atom. The monoisotopic (exact) mass is 417 g/mol. The Morgan fingerprint density at radius 3 is 2.68 bits per heavy atom. The van der Waals surface area contributed by atoms with Gasteiger partial charge in [0.1, 0.15) is 5.82 Å². The van der Waals surface area contributed by atoms with Gasteiger partial charge in [0.2, 0.25) is 5.91 Å². The molecule has 1 N–H and O–H groups in total. The van der Waals surface area contributed by atoms with Gasteiger partial charge in [0.05, 0.1) is 17.4 Å². The molecule has 1 heterocycles. The number of fused-ring (bicyclic) bond motifs is 1. The maximum Gasteiger partial charge on any atom is 0.258 e. The summed E-state index contributed by atoms with van der Waals surface area (Å²) >= 11 is 12.2. The van der Waals surface area contributed by atoms with Crippen molar-refractivity contribution in [2.24, 2.45) is 0 Å². The number of hydrogen-bond donors (Lipinski definition) is 1. The summed E-state index contributed by atoms with van der Waals surface area (Å²) in [7, 11) is 0. The lowest BCUT2D eigenvalue weighted by molar-refractivity contribution is -0.131. The molecule has 0 unspecified atom stereocenters. The van der Waals surface area contributed by atoms with E-state index in [0.717, 1.165) is 11.1 Å². The third kappa shape index (κ3) is 4.72. The van der Waals surface area contributed by atoms with Crippen molar-refractivity contribution in [3.63, 3.8) is 0 Å². The van der Waals surface area contributed by atoms with Gasteiger partial charge in [-0.05, 0) is 55.7 Å². The standard InChI is InChI=1S/C21H21Cl2N3O2/c1-3-26(20(27)9-6-14-5-4-13(2)17(23)10-14)12-19-24-18-11-15(22)7-8-16(18)21(28)25-19/h4-5,7-8,10-11H,3,6,9,12H2,1-2H3,(H,24,25,28). The molecule has 3 aromatic rings. The number of hydrogen-bond acceptors (Lipinski definition) is 3. The highest BCUT2D eigenvalue weighted by Crippen LogP contribution is 2.18. The van der Waals surface area contributed by atoms with E-state index in [1.165, 1.54) is 0 Å². The first-order valence-electron chi connectivity index (χ1n) is 9.08. The van der Waals surface area contributed by atoms with Gasteiger partial charge < -0.3 is 9.88 Å². The Morgan fingerprint density at radius 2 is 1.96 bits per heavy atom. The molecule has 28 heavy (non-hydrogen) atoms. The molecule has 0 atom stereocenters. The van der Waals surface area contributed by atoms with Gasteiger partial charge in [-0.2, -0.15) is 0 Å². The highest BCUT2D eigenvalue weighted by Gasteiger charge is 2.15. The summed E-state index contributed by atoms with van der Waals surface area (Å²) in [6.45, 7) is 4.60. The van der Waals surface area contributed by atoms with Crippen LogP contribution in [0, 0.1) is 6.92 Å². The Bertz CT molecular complexity index is 1080. The number of carbonyl (C=O) groups excluding carboxylic acids is 1. The van der Waals surface area contributed by atoms with Crippen molar-refractivity contribution in [1.29, 1.82) is 0 Å². The molecule has 1 amide bonds. The van der Waals surface area contributed by atoms with E-state index in [0.29, 0.717) is 46.2 Å². The minimum absolute atomic E-state index is 0.00645. The summed E-state index contributed by atoms with van der Waals surface area (Å²) in [4.78, 5) is 33.8. The van der Waals surface area contributed by atoms with E-state index in [4.69, 9.17) is 23.2 Å². The minimum atomic E-state index is -0.241. The number of benzene rings is 2. The molecule has 0 spiro atoms. The molecule has 0 fully saturated rings. The second-order valence-electron chi connectivity index (χ2n) is 6.67. The SMILES string of the molecule is CCN(Cc1nc2cc(Cl)ccc2c(=O)[nH]1)C(=O)CCc1ccc(C)c(Cl)c1. The molecule has 0 aliphatic rings. The van der Waals surface area contributed by atoms with Gasteiger partial charge in [0.15, 0.2) is 0 Å². The number of amides is 1. The summed E-state index contributed by atoms with van der Waals surface area (Å²) < 4.78 is 0. The Kier molecular flexibility index (Phi) is 6.37. The summed E-state index contributed by atoms with van der Waals surface area (Å²) in [5.74, 6) is 0.432. The summed E-state index contributed by atoms with van der Waals surface area (Å²) in [5, 5.41) is 1.68. The molecule has 1 aromatic heterocycles. The number of nitrogens with one attached hydrogen (secondary N) is 1. The predicted octanol–water partition coefficient (Wildman–Crippen LogP) is 4.52. The third-order valence-electron chi connectivity index (χ3n) is 4.66. The van der Waals surface area contributed by atoms with E-state index in [1.807, 2.05) is 32.0 Å². The number of nitrogens with zero attached hydrogens (tertiary/aromatic N) is 2. The first kappa shape index (κ1) is 20.4. The predicted molar refractivity (Wildman–Crippen MR) is 113 cm³/mol. The van der Waals surface area contributed by atoms with Crippen molar-refractivity contribution < 1.29 is 4.79 Å². The lowest BCUT2D eigenvalue weighted by Gasteiger charge is -2.20. The highest BCUT2D eigenvalue weighted by atomic mass is 35.5. The van der Waals surface area contributed by atoms with E-state index in [1.54, 1.807) is 23.1 Å². The highest BCUT2D eigenvalue weighted by molar-refractivity contribution is 6.31. The van der Waals surface area contributed by atoms with Crippen LogP contribution in [-0.2, 0) is 17.8 Å². The minimum Gasteiger partial charge on any atom is -0.335 e. The van der Waals surface area contributed by atoms with Gasteiger partial charge in [-0.15, -0.1) is 0 Å². The van der Waals surface area contributed by atoms with Crippen LogP contribution in [0.15, 0.2) is 41.2 Å². The molecular formula is C21H21Cl2N3O2. The van der Waals surface area contributed by atoms with Gasteiger partial charge in [-0.1, -0.05) is 35.3 Å². The number of rotatable bonds is 6. The molecule has 146 valence electrons. The van der Waals surface area contributed by atoms with Crippen LogP contribution in [0.3, 0.4) is 0 Å². The van der Waals surface area contributed by atoms with Gasteiger partial charge in [0.25, 0.3) is 5.56 Å². The van der Waals surface area contributed by atoms with Crippen LogP contribution in [0.5, 0.6) is 0 Å². The second kappa shape index (κ2) is 8.76. The summed E-state index contributed by atoms with van der Waals surface area (Å²) in [6.07, 6.45) is 0.962. The number of halogens is 2. The fourth-order valence-electron chi connectivity index (χ4n) is 2.99. The largest absolute Gasteiger partial charge is 0.335 e. The van der Waals surface area contributed by atoms with Crippen LogP contribution < -0.4 is 5.56 Å². The van der Waals surface area contributed by atoms with Gasteiger partial charge >= 0.3 is 0 Å². The molecule has 0 aliphatic carbocycles. The lowest BCUT2D eigenvalue weighted by Crippen LogP contribution is -2.32. The van der Waals surface area contributed by atoms with Crippen LogP contribution in [0.4, 0.5) is 0 Å². The van der Waals surface area contributed by atoms with Gasteiger partial charge in [-0.3, -0.25) is 9.59 Å². The van der Waals surface area contributed by atoms with E-state index in [-0.39, 0.29) is 18.0 Å². The quantitative estimate of drug-likeness (QED) is 0.640. The van der Waals surface area contributed by atoms with Crippen LogP contribution in [0.2, 0.25) is 10.0 Å². The van der Waals surface area contributed by atoms with E-state index < -0.39 is 0 Å². The first-order chi connectivity index (χ1) is 13.4. The van der Waals surface area contributed by atoms with Crippen molar-refractivity contribution >= 4 is 40.0 Å². The average molecular weight is 418 g/mol. The number of aromatic nitrogens is 2. The average Bonchev–Trinajstić information content (AvgIpc) is 2.66. The molecule has 0 radical (unpaired) electrons. The molecule has 3 rings (SSSR count). The Labute approximate surface area is 173 Å². The zero-order valence-corrected chi connectivity index (χ0v) is 17.3. The molecule has 7 heteroatoms. The van der Waals surface area contributed by atoms with Crippen LogP contribution in [0.1, 0.15) is 30.3 Å². The number of aryl methyl sites for hydroxylation is 2. The van der Waals surface area contributed by atoms with Gasteiger partial charge in [-0.25, -0.2) is 4.98 Å². The molecule has 0 aliphatic heterocycles. The third-order valence-corrected chi connectivity index (χ3v) is 5.30. The molecular weight excluding hydrogens is 397 g/mol. The maximum absolute atomic E-state index is 12.7. The van der Waals surface area contributed by atoms with Crippen molar-refractivity contribution in [3.8, 4) is 0 Å². The molecule has 0 saturated heterocycles. The van der Waals surface area contributed by atoms with E-state index in [2.05, 4.69) is 9.97 Å². The molecule has 0 saturated carbocycles. The van der Waals surface area contributed by atoms with Crippen molar-refractivity contribution in [2.45, 2.75) is 33.2 Å². The number of carbonyl (C=O) groups is 1. The van der Waals surface area contributed by atoms with E-state index >= 15 is 0 Å². The smallest absolute Gasteiger partial charge is 0.258 e. The molecule has 2 aromatic carbocycles. The van der Waals surface area contributed by atoms with Gasteiger partial charge in [0, 0.05) is 23.0 Å². The zero-order chi connectivity index (χ0) is 20.3.